The molecule has 8 heteroatoms. The zero-order chi connectivity index (χ0) is 19.6. The van der Waals surface area contributed by atoms with E-state index in [9.17, 15) is 9.18 Å². The Morgan fingerprint density at radius 3 is 2.63 bits per heavy atom. The molecule has 3 rings (SSSR count). The summed E-state index contributed by atoms with van der Waals surface area (Å²) in [6.45, 7) is 4.21. The van der Waals surface area contributed by atoms with Gasteiger partial charge in [0, 0.05) is 10.7 Å². The number of urea groups is 1. The molecule has 2 N–H and O–H groups in total. The summed E-state index contributed by atoms with van der Waals surface area (Å²) in [5.41, 5.74) is 3.50. The number of hydrogen-bond acceptors (Lipinski definition) is 2. The number of benzene rings is 2. The molecular formula is C19H17Cl2FN4O. The molecule has 0 atom stereocenters. The molecule has 0 aliphatic carbocycles. The minimum atomic E-state index is -0.545. The van der Waals surface area contributed by atoms with E-state index >= 15 is 0 Å². The molecule has 2 aromatic carbocycles. The predicted molar refractivity (Wildman–Crippen MR) is 106 cm³/mol. The standard InChI is InChI=1S/C19H17Cl2FN4O/c1-11-18(24-19(27)23-15-6-7-17(22)16(21)9-15)12(2)26(25-11)10-13-4-3-5-14(20)8-13/h3-9H,10H2,1-2H3,(H2,23,24,27). The number of amides is 2. The van der Waals surface area contributed by atoms with Gasteiger partial charge in [0.25, 0.3) is 0 Å². The van der Waals surface area contributed by atoms with Crippen LogP contribution in [0.1, 0.15) is 17.0 Å². The molecule has 0 bridgehead atoms. The second-order valence-corrected chi connectivity index (χ2v) is 6.89. The number of aromatic nitrogens is 2. The van der Waals surface area contributed by atoms with Gasteiger partial charge in [0.2, 0.25) is 0 Å². The second-order valence-electron chi connectivity index (χ2n) is 6.04. The Morgan fingerprint density at radius 2 is 1.93 bits per heavy atom. The summed E-state index contributed by atoms with van der Waals surface area (Å²) in [5, 5.41) is 10.5. The van der Waals surface area contributed by atoms with E-state index in [0.717, 1.165) is 11.3 Å². The number of carbonyl (C=O) groups is 1. The summed E-state index contributed by atoms with van der Waals surface area (Å²) in [4.78, 5) is 12.3. The van der Waals surface area contributed by atoms with Gasteiger partial charge in [-0.05, 0) is 49.7 Å². The fourth-order valence-electron chi connectivity index (χ4n) is 2.69. The smallest absolute Gasteiger partial charge is 0.308 e. The van der Waals surface area contributed by atoms with Crippen LogP contribution in [0.3, 0.4) is 0 Å². The van der Waals surface area contributed by atoms with Gasteiger partial charge in [-0.25, -0.2) is 9.18 Å². The van der Waals surface area contributed by atoms with Gasteiger partial charge in [0.05, 0.1) is 28.6 Å². The fourth-order valence-corrected chi connectivity index (χ4v) is 3.08. The first kappa shape index (κ1) is 19.2. The van der Waals surface area contributed by atoms with Crippen LogP contribution in [0.4, 0.5) is 20.6 Å². The minimum Gasteiger partial charge on any atom is -0.308 e. The van der Waals surface area contributed by atoms with Gasteiger partial charge in [-0.15, -0.1) is 0 Å². The highest BCUT2D eigenvalue weighted by atomic mass is 35.5. The number of halogens is 3. The van der Waals surface area contributed by atoms with Gasteiger partial charge in [0.15, 0.2) is 0 Å². The molecule has 0 saturated heterocycles. The Balaban J connectivity index is 1.74. The highest BCUT2D eigenvalue weighted by Gasteiger charge is 2.15. The van der Waals surface area contributed by atoms with Gasteiger partial charge in [0.1, 0.15) is 5.82 Å². The monoisotopic (exact) mass is 406 g/mol. The number of aryl methyl sites for hydroxylation is 1. The minimum absolute atomic E-state index is 0.0606. The van der Waals surface area contributed by atoms with Crippen molar-refractivity contribution in [2.24, 2.45) is 0 Å². The van der Waals surface area contributed by atoms with Crippen molar-refractivity contribution in [3.63, 3.8) is 0 Å². The summed E-state index contributed by atoms with van der Waals surface area (Å²) in [6, 6.07) is 11.0. The number of carbonyl (C=O) groups excluding carboxylic acids is 1. The summed E-state index contributed by atoms with van der Waals surface area (Å²) in [7, 11) is 0. The van der Waals surface area contributed by atoms with Crippen molar-refractivity contribution >= 4 is 40.6 Å². The maximum atomic E-state index is 13.2. The molecule has 0 saturated carbocycles. The zero-order valence-electron chi connectivity index (χ0n) is 14.7. The first-order chi connectivity index (χ1) is 12.8. The predicted octanol–water partition coefficient (Wildman–Crippen LogP) is 5.64. The SMILES string of the molecule is Cc1nn(Cc2cccc(Cl)c2)c(C)c1NC(=O)Nc1ccc(F)c(Cl)c1. The average molecular weight is 407 g/mol. The summed E-state index contributed by atoms with van der Waals surface area (Å²) in [6.07, 6.45) is 0. The molecule has 5 nitrogen and oxygen atoms in total. The Kier molecular flexibility index (Phi) is 5.68. The van der Waals surface area contributed by atoms with E-state index < -0.39 is 11.8 Å². The number of anilines is 2. The van der Waals surface area contributed by atoms with Crippen LogP contribution in [0.2, 0.25) is 10.0 Å². The molecule has 0 fully saturated rings. The lowest BCUT2D eigenvalue weighted by Crippen LogP contribution is -2.20. The average Bonchev–Trinajstić information content (AvgIpc) is 2.86. The van der Waals surface area contributed by atoms with E-state index in [1.807, 2.05) is 38.1 Å². The molecule has 0 radical (unpaired) electrons. The van der Waals surface area contributed by atoms with E-state index in [2.05, 4.69) is 15.7 Å². The summed E-state index contributed by atoms with van der Waals surface area (Å²) in [5.74, 6) is -0.545. The first-order valence-corrected chi connectivity index (χ1v) is 8.90. The molecule has 0 unspecified atom stereocenters. The van der Waals surface area contributed by atoms with Crippen LogP contribution < -0.4 is 10.6 Å². The van der Waals surface area contributed by atoms with Crippen LogP contribution in [0, 0.1) is 19.7 Å². The number of nitrogens with zero attached hydrogens (tertiary/aromatic N) is 2. The molecule has 1 aromatic heterocycles. The number of hydrogen-bond donors (Lipinski definition) is 2. The Morgan fingerprint density at radius 1 is 1.15 bits per heavy atom. The van der Waals surface area contributed by atoms with Gasteiger partial charge < -0.3 is 10.6 Å². The van der Waals surface area contributed by atoms with Crippen LogP contribution in [0.25, 0.3) is 0 Å². The molecular weight excluding hydrogens is 390 g/mol. The van der Waals surface area contributed by atoms with Crippen molar-refractivity contribution < 1.29 is 9.18 Å². The highest BCUT2D eigenvalue weighted by molar-refractivity contribution is 6.31. The number of rotatable bonds is 4. The summed E-state index contributed by atoms with van der Waals surface area (Å²) >= 11 is 11.8. The van der Waals surface area contributed by atoms with E-state index in [0.29, 0.717) is 28.6 Å². The van der Waals surface area contributed by atoms with Crippen LogP contribution in [0.15, 0.2) is 42.5 Å². The van der Waals surface area contributed by atoms with Crippen molar-refractivity contribution in [2.75, 3.05) is 10.6 Å². The maximum Gasteiger partial charge on any atom is 0.323 e. The van der Waals surface area contributed by atoms with Crippen molar-refractivity contribution in [2.45, 2.75) is 20.4 Å². The largest absolute Gasteiger partial charge is 0.323 e. The topological polar surface area (TPSA) is 59.0 Å². The quantitative estimate of drug-likeness (QED) is 0.588. The molecule has 0 aliphatic heterocycles. The molecule has 140 valence electrons. The highest BCUT2D eigenvalue weighted by Crippen LogP contribution is 2.23. The third kappa shape index (κ3) is 4.59. The molecule has 1 heterocycles. The first-order valence-electron chi connectivity index (χ1n) is 8.15. The van der Waals surface area contributed by atoms with Crippen molar-refractivity contribution in [3.8, 4) is 0 Å². The Labute approximate surface area is 166 Å². The normalized spacial score (nSPS) is 10.7. The molecule has 0 spiro atoms. The van der Waals surface area contributed by atoms with Gasteiger partial charge in [-0.1, -0.05) is 35.3 Å². The second kappa shape index (κ2) is 7.98. The van der Waals surface area contributed by atoms with E-state index in [1.165, 1.54) is 18.2 Å². The molecule has 3 aromatic rings. The van der Waals surface area contributed by atoms with Crippen LogP contribution in [0.5, 0.6) is 0 Å². The van der Waals surface area contributed by atoms with Gasteiger partial charge in [-0.2, -0.15) is 5.10 Å². The third-order valence-electron chi connectivity index (χ3n) is 4.02. The van der Waals surface area contributed by atoms with Crippen molar-refractivity contribution in [1.29, 1.82) is 0 Å². The third-order valence-corrected chi connectivity index (χ3v) is 4.54. The molecule has 2 amide bonds. The number of nitrogens with one attached hydrogen (secondary N) is 2. The van der Waals surface area contributed by atoms with Gasteiger partial charge in [-0.3, -0.25) is 4.68 Å². The molecule has 27 heavy (non-hydrogen) atoms. The van der Waals surface area contributed by atoms with Crippen LogP contribution in [-0.2, 0) is 6.54 Å². The van der Waals surface area contributed by atoms with E-state index in [-0.39, 0.29) is 5.02 Å². The maximum absolute atomic E-state index is 13.2. The van der Waals surface area contributed by atoms with Crippen LogP contribution in [-0.4, -0.2) is 15.8 Å². The Bertz CT molecular complexity index is 1000. The lowest BCUT2D eigenvalue weighted by Gasteiger charge is -2.09. The molecule has 0 aliphatic rings. The van der Waals surface area contributed by atoms with E-state index in [1.54, 1.807) is 4.68 Å². The Hall–Kier alpha value is -2.57. The van der Waals surface area contributed by atoms with Crippen molar-refractivity contribution in [1.82, 2.24) is 9.78 Å². The lowest BCUT2D eigenvalue weighted by molar-refractivity contribution is 0.262. The fraction of sp³-hybridized carbons (Fsp3) is 0.158. The lowest BCUT2D eigenvalue weighted by atomic mass is 10.2. The van der Waals surface area contributed by atoms with E-state index in [4.69, 9.17) is 23.2 Å². The summed E-state index contributed by atoms with van der Waals surface area (Å²) < 4.78 is 15.0. The van der Waals surface area contributed by atoms with Gasteiger partial charge >= 0.3 is 6.03 Å². The zero-order valence-corrected chi connectivity index (χ0v) is 16.2. The van der Waals surface area contributed by atoms with Crippen molar-refractivity contribution in [3.05, 3.63) is 75.3 Å². The van der Waals surface area contributed by atoms with Crippen LogP contribution >= 0.6 is 23.2 Å².